The standard InChI is InChI=1S/C20H13NO5/c22-20-17-4-2-1-3-16(17)18-11-13(5-10-19(18)26-20)12-25-15-8-6-14(7-9-15)21(23)24/h1-11H,12H2. The van der Waals surface area contributed by atoms with Crippen molar-refractivity contribution in [1.29, 1.82) is 0 Å². The lowest BCUT2D eigenvalue weighted by Crippen LogP contribution is -2.00. The second-order valence-corrected chi connectivity index (χ2v) is 5.81. The van der Waals surface area contributed by atoms with Crippen LogP contribution in [0.15, 0.2) is 75.9 Å². The van der Waals surface area contributed by atoms with Crippen molar-refractivity contribution in [2.75, 3.05) is 0 Å². The quantitative estimate of drug-likeness (QED) is 0.236. The molecule has 0 amide bonds. The minimum atomic E-state index is -0.452. The number of nitrogens with zero attached hydrogens (tertiary/aromatic N) is 1. The van der Waals surface area contributed by atoms with Crippen LogP contribution in [0, 0.1) is 10.1 Å². The van der Waals surface area contributed by atoms with Gasteiger partial charge in [-0.1, -0.05) is 24.3 Å². The van der Waals surface area contributed by atoms with Crippen molar-refractivity contribution in [3.63, 3.8) is 0 Å². The molecule has 128 valence electrons. The second kappa shape index (κ2) is 6.33. The molecule has 0 aliphatic heterocycles. The Morgan fingerprint density at radius 2 is 1.65 bits per heavy atom. The molecule has 4 rings (SSSR count). The predicted molar refractivity (Wildman–Crippen MR) is 97.4 cm³/mol. The molecular formula is C20H13NO5. The first-order valence-electron chi connectivity index (χ1n) is 7.93. The fraction of sp³-hybridized carbons (Fsp3) is 0.0500. The average molecular weight is 347 g/mol. The lowest BCUT2D eigenvalue weighted by atomic mass is 10.1. The third-order valence-corrected chi connectivity index (χ3v) is 4.14. The molecule has 0 fully saturated rings. The molecule has 0 saturated heterocycles. The zero-order valence-corrected chi connectivity index (χ0v) is 13.5. The number of nitro benzene ring substituents is 1. The first-order chi connectivity index (χ1) is 12.6. The van der Waals surface area contributed by atoms with Gasteiger partial charge in [0.05, 0.1) is 10.3 Å². The number of rotatable bonds is 4. The third-order valence-electron chi connectivity index (χ3n) is 4.14. The Bertz CT molecular complexity index is 1180. The highest BCUT2D eigenvalue weighted by atomic mass is 16.6. The van der Waals surface area contributed by atoms with Gasteiger partial charge in [0.25, 0.3) is 5.69 Å². The first kappa shape index (κ1) is 15.8. The zero-order chi connectivity index (χ0) is 18.1. The summed E-state index contributed by atoms with van der Waals surface area (Å²) in [5, 5.41) is 12.9. The van der Waals surface area contributed by atoms with Gasteiger partial charge in [-0.2, -0.15) is 0 Å². The van der Waals surface area contributed by atoms with Crippen LogP contribution in [0.25, 0.3) is 21.7 Å². The van der Waals surface area contributed by atoms with Gasteiger partial charge in [-0.05, 0) is 41.3 Å². The highest BCUT2D eigenvalue weighted by molar-refractivity contribution is 6.04. The summed E-state index contributed by atoms with van der Waals surface area (Å²) in [5.74, 6) is 0.542. The number of nitro groups is 1. The van der Waals surface area contributed by atoms with Gasteiger partial charge in [0.1, 0.15) is 17.9 Å². The summed E-state index contributed by atoms with van der Waals surface area (Å²) in [5.41, 5.74) is 1.08. The molecule has 0 saturated carbocycles. The van der Waals surface area contributed by atoms with Gasteiger partial charge in [0.2, 0.25) is 0 Å². The van der Waals surface area contributed by atoms with Crippen LogP contribution in [0.1, 0.15) is 5.56 Å². The minimum absolute atomic E-state index is 0.0181. The molecule has 3 aromatic carbocycles. The van der Waals surface area contributed by atoms with Crippen LogP contribution in [0.2, 0.25) is 0 Å². The normalized spacial score (nSPS) is 10.9. The first-order valence-corrected chi connectivity index (χ1v) is 7.93. The fourth-order valence-electron chi connectivity index (χ4n) is 2.85. The van der Waals surface area contributed by atoms with Crippen LogP contribution in [0.5, 0.6) is 5.75 Å². The fourth-order valence-corrected chi connectivity index (χ4v) is 2.85. The number of fused-ring (bicyclic) bond motifs is 3. The van der Waals surface area contributed by atoms with Gasteiger partial charge in [-0.3, -0.25) is 10.1 Å². The largest absolute Gasteiger partial charge is 0.489 e. The SMILES string of the molecule is O=c1oc2ccc(COc3ccc([N+](=O)[O-])cc3)cc2c2ccccc12. The predicted octanol–water partition coefficient (Wildman–Crippen LogP) is 4.43. The summed E-state index contributed by atoms with van der Waals surface area (Å²) < 4.78 is 11.1. The summed E-state index contributed by atoms with van der Waals surface area (Å²) in [4.78, 5) is 22.3. The molecule has 0 atom stereocenters. The Labute approximate surface area is 147 Å². The van der Waals surface area contributed by atoms with Crippen LogP contribution >= 0.6 is 0 Å². The van der Waals surface area contributed by atoms with E-state index in [4.69, 9.17) is 9.15 Å². The van der Waals surface area contributed by atoms with Crippen LogP contribution < -0.4 is 10.4 Å². The summed E-state index contributed by atoms with van der Waals surface area (Å²) in [6.45, 7) is 0.293. The molecule has 6 nitrogen and oxygen atoms in total. The summed E-state index contributed by atoms with van der Waals surface area (Å²) >= 11 is 0. The molecule has 0 N–H and O–H groups in total. The van der Waals surface area contributed by atoms with Crippen molar-refractivity contribution < 1.29 is 14.1 Å². The molecule has 1 aromatic heterocycles. The molecule has 0 aliphatic rings. The Morgan fingerprint density at radius 3 is 2.38 bits per heavy atom. The van der Waals surface area contributed by atoms with Crippen molar-refractivity contribution in [2.24, 2.45) is 0 Å². The third kappa shape index (κ3) is 2.88. The molecule has 0 spiro atoms. The van der Waals surface area contributed by atoms with Crippen LogP contribution in [-0.4, -0.2) is 4.92 Å². The molecule has 6 heteroatoms. The Kier molecular flexibility index (Phi) is 3.85. The maximum Gasteiger partial charge on any atom is 0.344 e. The van der Waals surface area contributed by atoms with Crippen molar-refractivity contribution in [2.45, 2.75) is 6.61 Å². The van der Waals surface area contributed by atoms with Gasteiger partial charge in [-0.15, -0.1) is 0 Å². The smallest absolute Gasteiger partial charge is 0.344 e. The van der Waals surface area contributed by atoms with E-state index in [2.05, 4.69) is 0 Å². The molecular weight excluding hydrogens is 334 g/mol. The molecule has 1 heterocycles. The van der Waals surface area contributed by atoms with E-state index in [9.17, 15) is 14.9 Å². The Morgan fingerprint density at radius 1 is 0.923 bits per heavy atom. The number of benzene rings is 3. The lowest BCUT2D eigenvalue weighted by Gasteiger charge is -2.08. The maximum atomic E-state index is 12.0. The number of ether oxygens (including phenoxy) is 1. The molecule has 0 bridgehead atoms. The van der Waals surface area contributed by atoms with Gasteiger partial charge < -0.3 is 9.15 Å². The van der Waals surface area contributed by atoms with E-state index in [1.165, 1.54) is 12.1 Å². The van der Waals surface area contributed by atoms with Crippen molar-refractivity contribution in [3.05, 3.63) is 92.8 Å². The van der Waals surface area contributed by atoms with E-state index in [1.54, 1.807) is 30.3 Å². The van der Waals surface area contributed by atoms with Crippen LogP contribution in [-0.2, 0) is 6.61 Å². The summed E-state index contributed by atoms with van der Waals surface area (Å²) in [6, 6.07) is 18.7. The summed E-state index contributed by atoms with van der Waals surface area (Å²) in [7, 11) is 0. The van der Waals surface area contributed by atoms with Gasteiger partial charge in [0, 0.05) is 17.5 Å². The van der Waals surface area contributed by atoms with E-state index in [1.807, 2.05) is 24.3 Å². The number of non-ortho nitro benzene ring substituents is 1. The Balaban J connectivity index is 1.65. The van der Waals surface area contributed by atoms with Crippen molar-refractivity contribution >= 4 is 27.4 Å². The maximum absolute atomic E-state index is 12.0. The number of hydrogen-bond donors (Lipinski definition) is 0. The highest BCUT2D eigenvalue weighted by Crippen LogP contribution is 2.25. The van der Waals surface area contributed by atoms with Crippen molar-refractivity contribution in [1.82, 2.24) is 0 Å². The van der Waals surface area contributed by atoms with Gasteiger partial charge in [-0.25, -0.2) is 4.79 Å². The van der Waals surface area contributed by atoms with Crippen LogP contribution in [0.3, 0.4) is 0 Å². The number of hydrogen-bond acceptors (Lipinski definition) is 5. The lowest BCUT2D eigenvalue weighted by molar-refractivity contribution is -0.384. The van der Waals surface area contributed by atoms with Gasteiger partial charge in [0.15, 0.2) is 0 Å². The monoisotopic (exact) mass is 347 g/mol. The van der Waals surface area contributed by atoms with E-state index >= 15 is 0 Å². The molecule has 26 heavy (non-hydrogen) atoms. The molecule has 0 unspecified atom stereocenters. The second-order valence-electron chi connectivity index (χ2n) is 5.81. The minimum Gasteiger partial charge on any atom is -0.489 e. The Hall–Kier alpha value is -3.67. The van der Waals surface area contributed by atoms with E-state index < -0.39 is 4.92 Å². The molecule has 0 aliphatic carbocycles. The van der Waals surface area contributed by atoms with E-state index in [0.717, 1.165) is 16.3 Å². The molecule has 0 radical (unpaired) electrons. The van der Waals surface area contributed by atoms with E-state index in [0.29, 0.717) is 23.3 Å². The molecule has 4 aromatic rings. The van der Waals surface area contributed by atoms with E-state index in [-0.39, 0.29) is 11.3 Å². The van der Waals surface area contributed by atoms with Crippen molar-refractivity contribution in [3.8, 4) is 5.75 Å². The zero-order valence-electron chi connectivity index (χ0n) is 13.5. The highest BCUT2D eigenvalue weighted by Gasteiger charge is 2.08. The average Bonchev–Trinajstić information content (AvgIpc) is 2.67. The van der Waals surface area contributed by atoms with Gasteiger partial charge >= 0.3 is 5.63 Å². The summed E-state index contributed by atoms with van der Waals surface area (Å²) in [6.07, 6.45) is 0. The van der Waals surface area contributed by atoms with Crippen LogP contribution in [0.4, 0.5) is 5.69 Å². The topological polar surface area (TPSA) is 82.6 Å².